The van der Waals surface area contributed by atoms with Crippen LogP contribution in [0.25, 0.3) is 11.1 Å². The highest BCUT2D eigenvalue weighted by atomic mass is 32.2. The molecule has 0 radical (unpaired) electrons. The van der Waals surface area contributed by atoms with Gasteiger partial charge < -0.3 is 14.3 Å². The summed E-state index contributed by atoms with van der Waals surface area (Å²) >= 11 is 1.47. The van der Waals surface area contributed by atoms with E-state index in [1.54, 1.807) is 0 Å². The molecule has 8 nitrogen and oxygen atoms in total. The Bertz CT molecular complexity index is 1040. The topological polar surface area (TPSA) is 111 Å². The lowest BCUT2D eigenvalue weighted by Crippen LogP contribution is -2.30. The van der Waals surface area contributed by atoms with Crippen molar-refractivity contribution < 1.29 is 22.7 Å². The molecule has 2 heterocycles. The van der Waals surface area contributed by atoms with Crippen molar-refractivity contribution in [2.24, 2.45) is 7.05 Å². The summed E-state index contributed by atoms with van der Waals surface area (Å²) in [5.41, 5.74) is 1.54. The third-order valence-electron chi connectivity index (χ3n) is 3.86. The first-order valence-corrected chi connectivity index (χ1v) is 10.2. The van der Waals surface area contributed by atoms with E-state index in [1.807, 2.05) is 16.8 Å². The van der Waals surface area contributed by atoms with Crippen LogP contribution >= 0.6 is 11.3 Å². The number of thiophene rings is 1. The summed E-state index contributed by atoms with van der Waals surface area (Å²) in [7, 11) is -2.31. The molecule has 0 aliphatic heterocycles. The molecule has 0 fully saturated rings. The lowest BCUT2D eigenvalue weighted by atomic mass is 10.2. The quantitative estimate of drug-likeness (QED) is 0.590. The van der Waals surface area contributed by atoms with Crippen LogP contribution in [0.2, 0.25) is 0 Å². The van der Waals surface area contributed by atoms with Gasteiger partial charge >= 0.3 is 5.76 Å². The van der Waals surface area contributed by atoms with Crippen molar-refractivity contribution in [1.82, 2.24) is 9.29 Å². The highest BCUT2D eigenvalue weighted by molar-refractivity contribution is 7.89. The maximum atomic E-state index is 12.6. The second kappa shape index (κ2) is 7.72. The summed E-state index contributed by atoms with van der Waals surface area (Å²) in [6, 6.07) is 6.05. The maximum Gasteiger partial charge on any atom is 0.419 e. The Hall–Kier alpha value is -1.98. The number of ether oxygens (including phenoxy) is 1. The molecule has 140 valence electrons. The number of aryl methyl sites for hydroxylation is 1. The fourth-order valence-electron chi connectivity index (χ4n) is 2.47. The van der Waals surface area contributed by atoms with E-state index in [9.17, 15) is 13.2 Å². The number of benzene rings is 1. The molecular formula is C16H18N2O6S2. The average Bonchev–Trinajstić information content (AvgIpc) is 3.24. The second-order valence-electron chi connectivity index (χ2n) is 5.55. The number of rotatable bonds is 8. The normalized spacial score (nSPS) is 13.3. The molecule has 0 amide bonds. The maximum absolute atomic E-state index is 12.6. The van der Waals surface area contributed by atoms with Gasteiger partial charge in [0.1, 0.15) is 0 Å². The van der Waals surface area contributed by atoms with Crippen molar-refractivity contribution in [2.45, 2.75) is 11.0 Å². The number of aliphatic hydroxyl groups is 1. The Labute approximate surface area is 153 Å². The van der Waals surface area contributed by atoms with Crippen LogP contribution in [0.15, 0.2) is 49.1 Å². The number of hydrogen-bond donors (Lipinski definition) is 2. The third kappa shape index (κ3) is 3.89. The molecule has 2 aromatic heterocycles. The van der Waals surface area contributed by atoms with Crippen molar-refractivity contribution in [3.8, 4) is 0 Å². The first kappa shape index (κ1) is 18.8. The van der Waals surface area contributed by atoms with Crippen LogP contribution in [0.5, 0.6) is 0 Å². The highest BCUT2D eigenvalue weighted by Crippen LogP contribution is 2.21. The highest BCUT2D eigenvalue weighted by Gasteiger charge is 2.20. The molecule has 0 aliphatic rings. The lowest BCUT2D eigenvalue weighted by molar-refractivity contribution is 0.0311. The molecule has 26 heavy (non-hydrogen) atoms. The fraction of sp³-hybridized carbons (Fsp3) is 0.312. The molecular weight excluding hydrogens is 380 g/mol. The minimum Gasteiger partial charge on any atom is -0.408 e. The van der Waals surface area contributed by atoms with Gasteiger partial charge in [-0.15, -0.1) is 0 Å². The van der Waals surface area contributed by atoms with Crippen LogP contribution in [0.3, 0.4) is 0 Å². The molecule has 10 heteroatoms. The molecule has 3 rings (SSSR count). The van der Waals surface area contributed by atoms with E-state index >= 15 is 0 Å². The van der Waals surface area contributed by atoms with Gasteiger partial charge in [-0.2, -0.15) is 11.3 Å². The molecule has 2 N–H and O–H groups in total. The number of nitrogens with zero attached hydrogens (tertiary/aromatic N) is 1. The first-order chi connectivity index (χ1) is 12.4. The van der Waals surface area contributed by atoms with Gasteiger partial charge in [0.15, 0.2) is 5.58 Å². The number of sulfonamides is 1. The van der Waals surface area contributed by atoms with Gasteiger partial charge in [-0.05, 0) is 40.6 Å². The minimum absolute atomic E-state index is 0.0153. The number of aliphatic hydroxyl groups excluding tert-OH is 1. The number of oxazole rings is 1. The molecule has 0 saturated carbocycles. The van der Waals surface area contributed by atoms with Crippen LogP contribution in [-0.2, 0) is 21.8 Å². The minimum atomic E-state index is -3.82. The van der Waals surface area contributed by atoms with Gasteiger partial charge in [0.25, 0.3) is 0 Å². The molecule has 0 bridgehead atoms. The number of hydrogen-bond acceptors (Lipinski definition) is 7. The second-order valence-corrected chi connectivity index (χ2v) is 8.10. The zero-order chi connectivity index (χ0) is 18.7. The van der Waals surface area contributed by atoms with Gasteiger partial charge in [0.2, 0.25) is 10.0 Å². The fourth-order valence-corrected chi connectivity index (χ4v) is 4.22. The van der Waals surface area contributed by atoms with Crippen molar-refractivity contribution in [3.05, 3.63) is 51.1 Å². The van der Waals surface area contributed by atoms with Gasteiger partial charge in [-0.3, -0.25) is 4.57 Å². The molecule has 1 aromatic carbocycles. The summed E-state index contributed by atoms with van der Waals surface area (Å²) in [6.45, 7) is -0.0364. The van der Waals surface area contributed by atoms with Gasteiger partial charge in [0, 0.05) is 13.6 Å². The Morgan fingerprint density at radius 2 is 2.19 bits per heavy atom. The number of nitrogens with one attached hydrogen (secondary N) is 1. The van der Waals surface area contributed by atoms with Crippen molar-refractivity contribution in [3.63, 3.8) is 0 Å². The van der Waals surface area contributed by atoms with Crippen LogP contribution in [0.4, 0.5) is 0 Å². The summed E-state index contributed by atoms with van der Waals surface area (Å²) in [4.78, 5) is 11.6. The monoisotopic (exact) mass is 398 g/mol. The van der Waals surface area contributed by atoms with Gasteiger partial charge in [-0.1, -0.05) is 0 Å². The van der Waals surface area contributed by atoms with E-state index in [0.29, 0.717) is 11.1 Å². The standard InChI is InChI=1S/C16H18N2O6S2/c1-18-13-8-12(2-3-14(13)24-16(18)20)26(21,22)17-9-15(23-6-5-19)11-4-7-25-10-11/h2-4,7-8,10,15,17,19H,5-6,9H2,1H3. The van der Waals surface area contributed by atoms with E-state index in [2.05, 4.69) is 4.72 Å². The first-order valence-electron chi connectivity index (χ1n) is 7.76. The molecule has 0 aliphatic carbocycles. The Morgan fingerprint density at radius 3 is 2.88 bits per heavy atom. The van der Waals surface area contributed by atoms with E-state index in [4.69, 9.17) is 14.3 Å². The van der Waals surface area contributed by atoms with Crippen LogP contribution in [-0.4, -0.2) is 37.8 Å². The zero-order valence-electron chi connectivity index (χ0n) is 13.9. The lowest BCUT2D eigenvalue weighted by Gasteiger charge is -2.17. The SMILES string of the molecule is Cn1c(=O)oc2ccc(S(=O)(=O)NCC(OCCO)c3ccsc3)cc21. The van der Waals surface area contributed by atoms with Gasteiger partial charge in [-0.25, -0.2) is 17.9 Å². The smallest absolute Gasteiger partial charge is 0.408 e. The Balaban J connectivity index is 1.81. The van der Waals surface area contributed by atoms with Crippen molar-refractivity contribution >= 4 is 32.5 Å². The van der Waals surface area contributed by atoms with Crippen LogP contribution in [0, 0.1) is 0 Å². The van der Waals surface area contributed by atoms with Crippen LogP contribution in [0.1, 0.15) is 11.7 Å². The number of aromatic nitrogens is 1. The molecule has 1 unspecified atom stereocenters. The van der Waals surface area contributed by atoms with Crippen molar-refractivity contribution in [2.75, 3.05) is 19.8 Å². The molecule has 3 aromatic rings. The van der Waals surface area contributed by atoms with E-state index in [-0.39, 0.29) is 24.7 Å². The predicted molar refractivity (Wildman–Crippen MR) is 96.7 cm³/mol. The van der Waals surface area contributed by atoms with E-state index in [0.717, 1.165) is 5.56 Å². The molecule has 0 saturated heterocycles. The predicted octanol–water partition coefficient (Wildman–Crippen LogP) is 1.22. The summed E-state index contributed by atoms with van der Waals surface area (Å²) in [6.07, 6.45) is -0.509. The molecule has 0 spiro atoms. The summed E-state index contributed by atoms with van der Waals surface area (Å²) in [5.74, 6) is -0.558. The third-order valence-corrected chi connectivity index (χ3v) is 5.98. The van der Waals surface area contributed by atoms with Crippen molar-refractivity contribution in [1.29, 1.82) is 0 Å². The number of fused-ring (bicyclic) bond motifs is 1. The Kier molecular flexibility index (Phi) is 5.58. The average molecular weight is 398 g/mol. The Morgan fingerprint density at radius 1 is 1.38 bits per heavy atom. The van der Waals surface area contributed by atoms with E-state index in [1.165, 1.54) is 41.2 Å². The summed E-state index contributed by atoms with van der Waals surface area (Å²) < 4.78 is 39.5. The zero-order valence-corrected chi connectivity index (χ0v) is 15.5. The summed E-state index contributed by atoms with van der Waals surface area (Å²) in [5, 5.41) is 12.7. The largest absolute Gasteiger partial charge is 0.419 e. The van der Waals surface area contributed by atoms with Gasteiger partial charge in [0.05, 0.1) is 29.7 Å². The van der Waals surface area contributed by atoms with Crippen LogP contribution < -0.4 is 10.5 Å². The van der Waals surface area contributed by atoms with E-state index < -0.39 is 21.9 Å². The molecule has 1 atom stereocenters.